The molecule has 2 aromatic carbocycles. The van der Waals surface area contributed by atoms with Gasteiger partial charge < -0.3 is 10.2 Å². The van der Waals surface area contributed by atoms with E-state index in [1.165, 1.54) is 0 Å². The van der Waals surface area contributed by atoms with Gasteiger partial charge in [0.05, 0.1) is 0 Å². The molecular weight excluding hydrogens is 300 g/mol. The van der Waals surface area contributed by atoms with Crippen LogP contribution in [0.5, 0.6) is 0 Å². The van der Waals surface area contributed by atoms with Crippen LogP contribution in [0.3, 0.4) is 0 Å². The minimum absolute atomic E-state index is 0.00283. The summed E-state index contributed by atoms with van der Waals surface area (Å²) in [6, 6.07) is 15.5. The standard InChI is InChI=1S/C20H24N2O2/c1-15-7-6-10-18(13-15)20(24)21-11-12-22(17(3)23)14-19-9-5-4-8-16(19)2/h4-10,13H,11-12,14H2,1-3H3,(H,21,24). The topological polar surface area (TPSA) is 49.4 Å². The van der Waals surface area contributed by atoms with Crippen LogP contribution in [-0.4, -0.2) is 29.8 Å². The first-order chi connectivity index (χ1) is 11.5. The number of carbonyl (C=O) groups excluding carboxylic acids is 2. The second-order valence-electron chi connectivity index (χ2n) is 5.99. The second-order valence-corrected chi connectivity index (χ2v) is 5.99. The van der Waals surface area contributed by atoms with Crippen LogP contribution in [0, 0.1) is 13.8 Å². The van der Waals surface area contributed by atoms with Gasteiger partial charge >= 0.3 is 0 Å². The van der Waals surface area contributed by atoms with E-state index in [1.807, 2.05) is 56.3 Å². The van der Waals surface area contributed by atoms with E-state index >= 15 is 0 Å². The molecule has 126 valence electrons. The number of nitrogens with one attached hydrogen (secondary N) is 1. The number of aryl methyl sites for hydroxylation is 2. The third-order valence-corrected chi connectivity index (χ3v) is 4.02. The molecule has 0 heterocycles. The van der Waals surface area contributed by atoms with Gasteiger partial charge in [-0.25, -0.2) is 0 Å². The Kier molecular flexibility index (Phi) is 6.13. The van der Waals surface area contributed by atoms with Crippen LogP contribution in [0.15, 0.2) is 48.5 Å². The van der Waals surface area contributed by atoms with Crippen LogP contribution in [0.4, 0.5) is 0 Å². The van der Waals surface area contributed by atoms with Gasteiger partial charge in [-0.1, -0.05) is 42.0 Å². The Hall–Kier alpha value is -2.62. The summed E-state index contributed by atoms with van der Waals surface area (Å²) >= 11 is 0. The predicted molar refractivity (Wildman–Crippen MR) is 95.8 cm³/mol. The Balaban J connectivity index is 1.91. The quantitative estimate of drug-likeness (QED) is 0.888. The highest BCUT2D eigenvalue weighted by atomic mass is 16.2. The van der Waals surface area contributed by atoms with Gasteiger partial charge in [0.15, 0.2) is 0 Å². The number of nitrogens with zero attached hydrogens (tertiary/aromatic N) is 1. The third-order valence-electron chi connectivity index (χ3n) is 4.02. The Morgan fingerprint density at radius 2 is 1.79 bits per heavy atom. The Morgan fingerprint density at radius 3 is 2.46 bits per heavy atom. The van der Waals surface area contributed by atoms with Crippen molar-refractivity contribution < 1.29 is 9.59 Å². The molecule has 4 heteroatoms. The van der Waals surface area contributed by atoms with Crippen LogP contribution in [0.1, 0.15) is 34.0 Å². The van der Waals surface area contributed by atoms with Crippen molar-refractivity contribution >= 4 is 11.8 Å². The molecule has 2 rings (SSSR count). The third kappa shape index (κ3) is 4.95. The van der Waals surface area contributed by atoms with E-state index in [2.05, 4.69) is 5.32 Å². The molecule has 0 fully saturated rings. The fourth-order valence-electron chi connectivity index (χ4n) is 2.53. The summed E-state index contributed by atoms with van der Waals surface area (Å²) in [5.41, 5.74) is 3.97. The van der Waals surface area contributed by atoms with Gasteiger partial charge in [-0.3, -0.25) is 9.59 Å². The highest BCUT2D eigenvalue weighted by Crippen LogP contribution is 2.10. The summed E-state index contributed by atoms with van der Waals surface area (Å²) in [7, 11) is 0. The molecule has 2 aromatic rings. The zero-order valence-corrected chi connectivity index (χ0v) is 14.5. The molecule has 1 N–H and O–H groups in total. The normalized spacial score (nSPS) is 10.3. The SMILES string of the molecule is CC(=O)N(CCNC(=O)c1cccc(C)c1)Cc1ccccc1C. The average Bonchev–Trinajstić information content (AvgIpc) is 2.55. The smallest absolute Gasteiger partial charge is 0.251 e. The molecule has 0 aliphatic heterocycles. The van der Waals surface area contributed by atoms with E-state index < -0.39 is 0 Å². The van der Waals surface area contributed by atoms with Gasteiger partial charge in [0.25, 0.3) is 5.91 Å². The van der Waals surface area contributed by atoms with Crippen molar-refractivity contribution in [2.24, 2.45) is 0 Å². The molecule has 24 heavy (non-hydrogen) atoms. The van der Waals surface area contributed by atoms with E-state index in [1.54, 1.807) is 17.9 Å². The number of amides is 2. The van der Waals surface area contributed by atoms with Crippen molar-refractivity contribution in [3.05, 3.63) is 70.8 Å². The molecule has 0 saturated carbocycles. The van der Waals surface area contributed by atoms with E-state index in [0.29, 0.717) is 25.2 Å². The largest absolute Gasteiger partial charge is 0.350 e. The molecule has 0 atom stereocenters. The molecule has 0 bridgehead atoms. The molecule has 0 radical (unpaired) electrons. The van der Waals surface area contributed by atoms with Crippen LogP contribution in [-0.2, 0) is 11.3 Å². The lowest BCUT2D eigenvalue weighted by molar-refractivity contribution is -0.129. The van der Waals surface area contributed by atoms with Gasteiger partial charge in [0.1, 0.15) is 0 Å². The van der Waals surface area contributed by atoms with Gasteiger partial charge in [0.2, 0.25) is 5.91 Å². The number of rotatable bonds is 6. The summed E-state index contributed by atoms with van der Waals surface area (Å²) in [5.74, 6) is -0.110. The summed E-state index contributed by atoms with van der Waals surface area (Å²) in [5, 5.41) is 2.88. The lowest BCUT2D eigenvalue weighted by Gasteiger charge is -2.22. The molecule has 0 unspecified atom stereocenters. The van der Waals surface area contributed by atoms with Gasteiger partial charge in [-0.05, 0) is 37.1 Å². The van der Waals surface area contributed by atoms with E-state index in [-0.39, 0.29) is 11.8 Å². The number of hydrogen-bond acceptors (Lipinski definition) is 2. The van der Waals surface area contributed by atoms with E-state index in [0.717, 1.165) is 16.7 Å². The van der Waals surface area contributed by atoms with Crippen molar-refractivity contribution in [2.75, 3.05) is 13.1 Å². The molecule has 2 amide bonds. The molecule has 0 spiro atoms. The monoisotopic (exact) mass is 324 g/mol. The van der Waals surface area contributed by atoms with Crippen LogP contribution in [0.25, 0.3) is 0 Å². The lowest BCUT2D eigenvalue weighted by atomic mass is 10.1. The summed E-state index contributed by atoms with van der Waals surface area (Å²) in [6.07, 6.45) is 0. The molecule has 0 saturated heterocycles. The van der Waals surface area contributed by atoms with Crippen LogP contribution in [0.2, 0.25) is 0 Å². The van der Waals surface area contributed by atoms with Crippen LogP contribution < -0.4 is 5.32 Å². The number of benzene rings is 2. The van der Waals surface area contributed by atoms with Crippen molar-refractivity contribution in [3.63, 3.8) is 0 Å². The van der Waals surface area contributed by atoms with Crippen molar-refractivity contribution in [2.45, 2.75) is 27.3 Å². The van der Waals surface area contributed by atoms with Crippen molar-refractivity contribution in [1.82, 2.24) is 10.2 Å². The molecule has 4 nitrogen and oxygen atoms in total. The molecule has 0 aromatic heterocycles. The summed E-state index contributed by atoms with van der Waals surface area (Å²) in [6.45, 7) is 7.02. The van der Waals surface area contributed by atoms with Crippen molar-refractivity contribution in [1.29, 1.82) is 0 Å². The lowest BCUT2D eigenvalue weighted by Crippen LogP contribution is -2.37. The maximum atomic E-state index is 12.1. The van der Waals surface area contributed by atoms with E-state index in [4.69, 9.17) is 0 Å². The zero-order valence-electron chi connectivity index (χ0n) is 14.5. The Bertz CT molecular complexity index is 725. The van der Waals surface area contributed by atoms with Crippen LogP contribution >= 0.6 is 0 Å². The molecular formula is C20H24N2O2. The highest BCUT2D eigenvalue weighted by molar-refractivity contribution is 5.94. The molecule has 0 aliphatic carbocycles. The second kappa shape index (κ2) is 8.29. The Labute approximate surface area is 143 Å². The number of carbonyl (C=O) groups is 2. The minimum atomic E-state index is -0.113. The maximum Gasteiger partial charge on any atom is 0.251 e. The first kappa shape index (κ1) is 17.7. The summed E-state index contributed by atoms with van der Waals surface area (Å²) in [4.78, 5) is 25.8. The zero-order chi connectivity index (χ0) is 17.5. The van der Waals surface area contributed by atoms with Gasteiger partial charge in [-0.15, -0.1) is 0 Å². The van der Waals surface area contributed by atoms with Gasteiger partial charge in [0, 0.05) is 32.1 Å². The predicted octanol–water partition coefficient (Wildman–Crippen LogP) is 3.08. The fourth-order valence-corrected chi connectivity index (χ4v) is 2.53. The summed E-state index contributed by atoms with van der Waals surface area (Å²) < 4.78 is 0. The Morgan fingerprint density at radius 1 is 1.04 bits per heavy atom. The number of hydrogen-bond donors (Lipinski definition) is 1. The first-order valence-corrected chi connectivity index (χ1v) is 8.12. The first-order valence-electron chi connectivity index (χ1n) is 8.12. The maximum absolute atomic E-state index is 12.1. The van der Waals surface area contributed by atoms with Gasteiger partial charge in [-0.2, -0.15) is 0 Å². The minimum Gasteiger partial charge on any atom is -0.350 e. The average molecular weight is 324 g/mol. The highest BCUT2D eigenvalue weighted by Gasteiger charge is 2.12. The van der Waals surface area contributed by atoms with E-state index in [9.17, 15) is 9.59 Å². The fraction of sp³-hybridized carbons (Fsp3) is 0.300. The molecule has 0 aliphatic rings. The van der Waals surface area contributed by atoms with Crippen molar-refractivity contribution in [3.8, 4) is 0 Å².